The van der Waals surface area contributed by atoms with Crippen LogP contribution in [0.1, 0.15) is 284 Å². The van der Waals surface area contributed by atoms with Gasteiger partial charge in [-0.15, -0.1) is 0 Å². The van der Waals surface area contributed by atoms with Gasteiger partial charge in [-0.25, -0.2) is 4.18 Å². The normalized spacial score (nSPS) is 19.7. The van der Waals surface area contributed by atoms with E-state index in [2.05, 4.69) is 35.5 Å². The minimum atomic E-state index is -5.08. The van der Waals surface area contributed by atoms with E-state index >= 15 is 0 Å². The molecule has 1 saturated heterocycles. The van der Waals surface area contributed by atoms with Gasteiger partial charge in [0.15, 0.2) is 6.29 Å². The number of allylic oxidation sites excluding steroid dienone is 2. The molecule has 0 radical (unpaired) electrons. The summed E-state index contributed by atoms with van der Waals surface area (Å²) in [6, 6.07) is -0.854. The number of aliphatic hydroxyl groups excluding tert-OH is 4. The van der Waals surface area contributed by atoms with Crippen molar-refractivity contribution in [3.8, 4) is 0 Å². The highest BCUT2D eigenvalue weighted by molar-refractivity contribution is 7.80. The van der Waals surface area contributed by atoms with Crippen molar-refractivity contribution in [3.05, 3.63) is 12.2 Å². The Kier molecular flexibility index (Phi) is 44.5. The largest absolute Gasteiger partial charge is 0.397 e. The topological polar surface area (TPSA) is 192 Å². The lowest BCUT2D eigenvalue weighted by Gasteiger charge is -2.41. The first kappa shape index (κ1) is 65.9. The SMILES string of the molecule is CCCCCCCCCCCCCC/C=C\CCCCCCCCCCCCCCCCCC(=O)NC(COC1OC(CO)C(O)C(OS(=O)(=O)O)C1O)C(O)CCCCCCCCCCCCC. The van der Waals surface area contributed by atoms with E-state index in [0.29, 0.717) is 12.8 Å². The Morgan fingerprint density at radius 3 is 1.30 bits per heavy atom. The molecule has 0 aromatic heterocycles. The number of unbranched alkanes of at least 4 members (excludes halogenated alkanes) is 37. The van der Waals surface area contributed by atoms with Crippen LogP contribution in [0.2, 0.25) is 0 Å². The van der Waals surface area contributed by atoms with E-state index in [0.717, 1.165) is 51.4 Å². The zero-order chi connectivity index (χ0) is 50.5. The molecule has 1 amide bonds. The lowest BCUT2D eigenvalue weighted by Crippen LogP contribution is -2.61. The molecule has 0 bridgehead atoms. The van der Waals surface area contributed by atoms with Gasteiger partial charge in [0.25, 0.3) is 0 Å². The summed E-state index contributed by atoms with van der Waals surface area (Å²) >= 11 is 0. The molecule has 0 aromatic rings. The maximum Gasteiger partial charge on any atom is 0.397 e. The summed E-state index contributed by atoms with van der Waals surface area (Å²) in [6.07, 6.45) is 46.8. The van der Waals surface area contributed by atoms with Crippen molar-refractivity contribution in [2.24, 2.45) is 0 Å². The smallest absolute Gasteiger partial charge is 0.394 e. The number of aliphatic hydroxyl groups is 4. The van der Waals surface area contributed by atoms with Crippen molar-refractivity contribution in [1.82, 2.24) is 5.32 Å². The molecule has 0 spiro atoms. The minimum Gasteiger partial charge on any atom is -0.394 e. The zero-order valence-corrected chi connectivity index (χ0v) is 45.2. The molecule has 7 atom stereocenters. The minimum absolute atomic E-state index is 0.226. The van der Waals surface area contributed by atoms with Crippen LogP contribution in [0.4, 0.5) is 0 Å². The second-order valence-corrected chi connectivity index (χ2v) is 21.6. The van der Waals surface area contributed by atoms with Gasteiger partial charge >= 0.3 is 10.4 Å². The van der Waals surface area contributed by atoms with Crippen LogP contribution in [0.5, 0.6) is 0 Å². The molecular formula is C56H109NO11S. The summed E-state index contributed by atoms with van der Waals surface area (Å²) < 4.78 is 47.8. The summed E-state index contributed by atoms with van der Waals surface area (Å²) in [7, 11) is -5.08. The van der Waals surface area contributed by atoms with Crippen molar-refractivity contribution in [1.29, 1.82) is 0 Å². The first-order valence-corrected chi connectivity index (χ1v) is 30.4. The Labute approximate surface area is 423 Å². The van der Waals surface area contributed by atoms with E-state index in [-0.39, 0.29) is 12.5 Å². The summed E-state index contributed by atoms with van der Waals surface area (Å²) in [5.74, 6) is -0.226. The number of ether oxygens (including phenoxy) is 2. The van der Waals surface area contributed by atoms with Gasteiger partial charge in [-0.1, -0.05) is 251 Å². The van der Waals surface area contributed by atoms with Crippen LogP contribution in [0.25, 0.3) is 0 Å². The van der Waals surface area contributed by atoms with Crippen LogP contribution in [0.3, 0.4) is 0 Å². The van der Waals surface area contributed by atoms with Gasteiger partial charge in [-0.2, -0.15) is 8.42 Å². The van der Waals surface area contributed by atoms with E-state index in [4.69, 9.17) is 9.47 Å². The number of hydrogen-bond donors (Lipinski definition) is 6. The average molecular weight is 1000 g/mol. The van der Waals surface area contributed by atoms with E-state index < -0.39 is 59.9 Å². The highest BCUT2D eigenvalue weighted by Crippen LogP contribution is 2.26. The van der Waals surface area contributed by atoms with Crippen LogP contribution in [0.15, 0.2) is 12.2 Å². The molecule has 7 unspecified atom stereocenters. The fourth-order valence-corrected chi connectivity index (χ4v) is 10.1. The number of hydrogen-bond acceptors (Lipinski definition) is 10. The fourth-order valence-electron chi connectivity index (χ4n) is 9.57. The number of nitrogens with one attached hydrogen (secondary N) is 1. The van der Waals surface area contributed by atoms with Gasteiger partial charge < -0.3 is 35.2 Å². The Hall–Kier alpha value is -1.16. The van der Waals surface area contributed by atoms with Crippen LogP contribution in [-0.2, 0) is 28.9 Å². The molecule has 6 N–H and O–H groups in total. The van der Waals surface area contributed by atoms with Gasteiger partial charge in [0.05, 0.1) is 25.4 Å². The third kappa shape index (κ3) is 39.0. The molecule has 1 heterocycles. The Morgan fingerprint density at radius 1 is 0.565 bits per heavy atom. The van der Waals surface area contributed by atoms with Crippen molar-refractivity contribution in [3.63, 3.8) is 0 Å². The highest BCUT2D eigenvalue weighted by atomic mass is 32.3. The first-order chi connectivity index (χ1) is 33.5. The molecule has 69 heavy (non-hydrogen) atoms. The van der Waals surface area contributed by atoms with Gasteiger partial charge in [-0.3, -0.25) is 9.35 Å². The monoisotopic (exact) mass is 1000 g/mol. The maximum absolute atomic E-state index is 13.1. The van der Waals surface area contributed by atoms with Crippen molar-refractivity contribution >= 4 is 16.3 Å². The van der Waals surface area contributed by atoms with Crippen LogP contribution < -0.4 is 5.32 Å². The Balaban J connectivity index is 2.21. The van der Waals surface area contributed by atoms with E-state index in [1.807, 2.05) is 0 Å². The molecule has 0 saturated carbocycles. The van der Waals surface area contributed by atoms with E-state index in [9.17, 15) is 38.2 Å². The molecule has 12 nitrogen and oxygen atoms in total. The highest BCUT2D eigenvalue weighted by Gasteiger charge is 2.48. The zero-order valence-electron chi connectivity index (χ0n) is 44.4. The molecule has 0 aliphatic carbocycles. The molecule has 1 aliphatic heterocycles. The van der Waals surface area contributed by atoms with Crippen molar-refractivity contribution in [2.75, 3.05) is 13.2 Å². The van der Waals surface area contributed by atoms with Gasteiger partial charge in [-0.05, 0) is 38.5 Å². The average Bonchev–Trinajstić information content (AvgIpc) is 3.32. The summed E-state index contributed by atoms with van der Waals surface area (Å²) in [5.41, 5.74) is 0. The van der Waals surface area contributed by atoms with Gasteiger partial charge in [0, 0.05) is 6.42 Å². The van der Waals surface area contributed by atoms with Crippen LogP contribution in [-0.4, -0.2) is 95.4 Å². The standard InChI is InChI=1S/C56H109NO11S/c1-3-5-7-9-11-13-15-16-17-18-19-20-21-22-23-24-25-26-27-28-29-30-31-32-33-34-36-38-40-42-44-46-52(60)57-49(50(59)45-43-41-39-37-35-14-12-10-8-6-4-2)48-66-56-54(62)55(68-69(63,64)65)53(61)51(47-58)67-56/h22-23,49-51,53-56,58-59,61-62H,3-21,24-48H2,1-2H3,(H,57,60)(H,63,64,65)/b23-22-. The maximum atomic E-state index is 13.1. The third-order valence-electron chi connectivity index (χ3n) is 14.1. The predicted molar refractivity (Wildman–Crippen MR) is 282 cm³/mol. The molecule has 1 aliphatic rings. The molecule has 1 rings (SSSR count). The van der Waals surface area contributed by atoms with Gasteiger partial charge in [0.1, 0.15) is 24.4 Å². The van der Waals surface area contributed by atoms with E-state index in [1.165, 1.54) is 205 Å². The fraction of sp³-hybridized carbons (Fsp3) is 0.946. The summed E-state index contributed by atoms with van der Waals surface area (Å²) in [4.78, 5) is 13.1. The molecular weight excluding hydrogens is 895 g/mol. The second-order valence-electron chi connectivity index (χ2n) is 20.6. The van der Waals surface area contributed by atoms with Crippen LogP contribution in [0, 0.1) is 0 Å². The molecule has 0 aromatic carbocycles. The number of rotatable bonds is 51. The van der Waals surface area contributed by atoms with E-state index in [1.54, 1.807) is 0 Å². The number of carbonyl (C=O) groups is 1. The predicted octanol–water partition coefficient (Wildman–Crippen LogP) is 13.5. The first-order valence-electron chi connectivity index (χ1n) is 29.1. The number of amides is 1. The Morgan fingerprint density at radius 2 is 0.928 bits per heavy atom. The lowest BCUT2D eigenvalue weighted by molar-refractivity contribution is -0.298. The lowest BCUT2D eigenvalue weighted by atomic mass is 9.99. The van der Waals surface area contributed by atoms with Crippen molar-refractivity contribution < 1.29 is 51.8 Å². The second kappa shape index (κ2) is 46.6. The summed E-state index contributed by atoms with van der Waals surface area (Å²) in [6.45, 7) is 3.47. The number of carbonyl (C=O) groups excluding carboxylic acids is 1. The third-order valence-corrected chi connectivity index (χ3v) is 14.5. The van der Waals surface area contributed by atoms with Crippen molar-refractivity contribution in [2.45, 2.75) is 326 Å². The molecule has 410 valence electrons. The Bertz CT molecular complexity index is 1270. The van der Waals surface area contributed by atoms with Gasteiger partial charge in [0.2, 0.25) is 5.91 Å². The molecule has 1 fully saturated rings. The molecule has 13 heteroatoms. The van der Waals surface area contributed by atoms with Crippen LogP contribution >= 0.6 is 0 Å². The summed E-state index contributed by atoms with van der Waals surface area (Å²) in [5, 5.41) is 45.0. The quantitative estimate of drug-likeness (QED) is 0.0193.